The van der Waals surface area contributed by atoms with Gasteiger partial charge in [-0.1, -0.05) is 30.3 Å². The lowest BCUT2D eigenvalue weighted by molar-refractivity contribution is -0.166. The fourth-order valence-electron chi connectivity index (χ4n) is 1.35. The molecule has 0 amide bonds. The number of carboxylic acids is 1. The number of benzene rings is 1. The van der Waals surface area contributed by atoms with Crippen LogP contribution in [0.2, 0.25) is 0 Å². The smallest absolute Gasteiger partial charge is 0.341 e. The molecular weight excluding hydrogens is 249 g/mol. The van der Waals surface area contributed by atoms with Crippen LogP contribution in [0.5, 0.6) is 0 Å². The molecule has 0 spiro atoms. The minimum atomic E-state index is -4.52. The minimum absolute atomic E-state index is 0.123. The van der Waals surface area contributed by atoms with Crippen LogP contribution in [-0.2, 0) is 9.36 Å². The van der Waals surface area contributed by atoms with Crippen molar-refractivity contribution in [1.82, 2.24) is 5.06 Å². The first-order valence-electron chi connectivity index (χ1n) is 4.59. The molecule has 0 saturated heterocycles. The zero-order chi connectivity index (χ0) is 13.1. The average Bonchev–Trinajstić information content (AvgIpc) is 2.15. The third kappa shape index (κ3) is 4.26. The van der Waals surface area contributed by atoms with Crippen LogP contribution in [0, 0.1) is 0 Å². The number of aliphatic carboxylic acids is 1. The van der Waals surface area contributed by atoms with Crippen molar-refractivity contribution in [2.24, 2.45) is 0 Å². The molecule has 0 aliphatic rings. The fraction of sp³-hybridized carbons (Fsp3) is 0.222. The van der Waals surface area contributed by atoms with E-state index in [0.29, 0.717) is 0 Å². The van der Waals surface area contributed by atoms with Gasteiger partial charge in [0.05, 0.1) is 0 Å². The standard InChI is InChI=1S/C9H12NO6P/c11-9(12)8(7-4-2-1-3-5-7)10(13)6-17(14,15)16/h1-5,8,13H,6H2,(H,11,12)(H2,14,15,16). The quantitative estimate of drug-likeness (QED) is 0.453. The molecule has 0 radical (unpaired) electrons. The molecule has 1 aromatic carbocycles. The SMILES string of the molecule is O=C(O)C(c1ccccc1)N(O)CP(=O)(O)O. The van der Waals surface area contributed by atoms with Crippen LogP contribution in [0.25, 0.3) is 0 Å². The number of hydroxylamine groups is 2. The molecule has 0 aliphatic carbocycles. The molecule has 0 heterocycles. The van der Waals surface area contributed by atoms with Gasteiger partial charge >= 0.3 is 13.6 Å². The van der Waals surface area contributed by atoms with E-state index in [4.69, 9.17) is 14.9 Å². The molecular formula is C9H12NO6P. The lowest BCUT2D eigenvalue weighted by Gasteiger charge is -2.22. The number of rotatable bonds is 5. The monoisotopic (exact) mass is 261 g/mol. The van der Waals surface area contributed by atoms with Gasteiger partial charge < -0.3 is 20.1 Å². The van der Waals surface area contributed by atoms with Gasteiger partial charge in [0.1, 0.15) is 6.29 Å². The Hall–Kier alpha value is -1.24. The average molecular weight is 261 g/mol. The van der Waals surface area contributed by atoms with E-state index in [1.807, 2.05) is 0 Å². The molecule has 0 fully saturated rings. The summed E-state index contributed by atoms with van der Waals surface area (Å²) in [5.74, 6) is -1.40. The van der Waals surface area contributed by atoms with Gasteiger partial charge in [-0.05, 0) is 5.56 Å². The fourth-order valence-corrected chi connectivity index (χ4v) is 1.89. The van der Waals surface area contributed by atoms with Crippen LogP contribution in [0.1, 0.15) is 11.6 Å². The molecule has 0 aliphatic heterocycles. The van der Waals surface area contributed by atoms with E-state index in [1.165, 1.54) is 12.1 Å². The maximum absolute atomic E-state index is 11.0. The summed E-state index contributed by atoms with van der Waals surface area (Å²) in [5.41, 5.74) is 0.232. The highest BCUT2D eigenvalue weighted by molar-refractivity contribution is 7.51. The van der Waals surface area contributed by atoms with Crippen LogP contribution in [0.4, 0.5) is 0 Å². The second-order valence-corrected chi connectivity index (χ2v) is 5.01. The molecule has 0 aromatic heterocycles. The first-order chi connectivity index (χ1) is 7.81. The van der Waals surface area contributed by atoms with Gasteiger partial charge in [-0.3, -0.25) is 9.36 Å². The second kappa shape index (κ2) is 5.39. The normalized spacial score (nSPS) is 13.6. The highest BCUT2D eigenvalue weighted by Gasteiger charge is 2.30. The van der Waals surface area contributed by atoms with Gasteiger partial charge in [-0.25, -0.2) is 0 Å². The van der Waals surface area contributed by atoms with Crippen LogP contribution in [0.15, 0.2) is 30.3 Å². The summed E-state index contributed by atoms with van der Waals surface area (Å²) in [7, 11) is -4.52. The van der Waals surface area contributed by atoms with Gasteiger partial charge in [-0.2, -0.15) is 5.06 Å². The molecule has 1 unspecified atom stereocenters. The Balaban J connectivity index is 2.95. The first kappa shape index (κ1) is 13.8. The number of hydrogen-bond acceptors (Lipinski definition) is 4. The lowest BCUT2D eigenvalue weighted by atomic mass is 10.1. The van der Waals surface area contributed by atoms with Crippen LogP contribution >= 0.6 is 7.60 Å². The molecule has 1 rings (SSSR count). The number of nitrogens with zero attached hydrogens (tertiary/aromatic N) is 1. The van der Waals surface area contributed by atoms with E-state index < -0.39 is 25.9 Å². The van der Waals surface area contributed by atoms with E-state index in [-0.39, 0.29) is 10.6 Å². The van der Waals surface area contributed by atoms with Crippen molar-refractivity contribution >= 4 is 13.6 Å². The minimum Gasteiger partial charge on any atom is -0.480 e. The number of carbonyl (C=O) groups is 1. The molecule has 1 aromatic rings. The maximum Gasteiger partial charge on any atom is 0.341 e. The summed E-state index contributed by atoms with van der Waals surface area (Å²) in [6.07, 6.45) is -1.04. The summed E-state index contributed by atoms with van der Waals surface area (Å²) in [4.78, 5) is 28.3. The van der Waals surface area contributed by atoms with Crippen molar-refractivity contribution in [3.05, 3.63) is 35.9 Å². The van der Waals surface area contributed by atoms with Gasteiger partial charge in [0.2, 0.25) is 0 Å². The summed E-state index contributed by atoms with van der Waals surface area (Å²) in [6.45, 7) is 0. The third-order valence-electron chi connectivity index (χ3n) is 1.98. The van der Waals surface area contributed by atoms with Crippen molar-refractivity contribution in [2.45, 2.75) is 6.04 Å². The van der Waals surface area contributed by atoms with Crippen molar-refractivity contribution < 1.29 is 29.5 Å². The Morgan fingerprint density at radius 2 is 1.82 bits per heavy atom. The Bertz CT molecular complexity index is 430. The maximum atomic E-state index is 11.0. The highest BCUT2D eigenvalue weighted by Crippen LogP contribution is 2.37. The first-order valence-corrected chi connectivity index (χ1v) is 6.39. The van der Waals surface area contributed by atoms with Crippen molar-refractivity contribution in [3.63, 3.8) is 0 Å². The highest BCUT2D eigenvalue weighted by atomic mass is 31.2. The zero-order valence-electron chi connectivity index (χ0n) is 8.67. The second-order valence-electron chi connectivity index (χ2n) is 3.40. The summed E-state index contributed by atoms with van der Waals surface area (Å²) >= 11 is 0. The van der Waals surface area contributed by atoms with E-state index in [9.17, 15) is 14.6 Å². The number of hydrogen-bond donors (Lipinski definition) is 4. The molecule has 7 nitrogen and oxygen atoms in total. The molecule has 94 valence electrons. The van der Waals surface area contributed by atoms with Crippen molar-refractivity contribution in [2.75, 3.05) is 6.29 Å². The summed E-state index contributed by atoms with van der Waals surface area (Å²) in [6, 6.07) is 6.17. The van der Waals surface area contributed by atoms with Crippen molar-refractivity contribution in [3.8, 4) is 0 Å². The van der Waals surface area contributed by atoms with Crippen LogP contribution in [-0.4, -0.2) is 37.4 Å². The number of carboxylic acid groups (broad SMARTS) is 1. The summed E-state index contributed by atoms with van der Waals surface area (Å²) < 4.78 is 10.7. The lowest BCUT2D eigenvalue weighted by Crippen LogP contribution is -2.32. The Kier molecular flexibility index (Phi) is 4.39. The molecule has 0 bridgehead atoms. The van der Waals surface area contributed by atoms with Gasteiger partial charge in [0.15, 0.2) is 6.04 Å². The van der Waals surface area contributed by atoms with E-state index >= 15 is 0 Å². The predicted molar refractivity (Wildman–Crippen MR) is 57.4 cm³/mol. The van der Waals surface area contributed by atoms with Crippen LogP contribution < -0.4 is 0 Å². The Morgan fingerprint density at radius 1 is 1.29 bits per heavy atom. The third-order valence-corrected chi connectivity index (χ3v) is 2.63. The molecule has 0 saturated carbocycles. The molecule has 4 N–H and O–H groups in total. The van der Waals surface area contributed by atoms with E-state index in [0.717, 1.165) is 0 Å². The van der Waals surface area contributed by atoms with Crippen LogP contribution in [0.3, 0.4) is 0 Å². The molecule has 17 heavy (non-hydrogen) atoms. The zero-order valence-corrected chi connectivity index (χ0v) is 9.57. The van der Waals surface area contributed by atoms with Gasteiger partial charge in [0.25, 0.3) is 0 Å². The molecule has 1 atom stereocenters. The van der Waals surface area contributed by atoms with Gasteiger partial charge in [0, 0.05) is 0 Å². The van der Waals surface area contributed by atoms with E-state index in [1.54, 1.807) is 18.2 Å². The predicted octanol–water partition coefficient (Wildman–Crippen LogP) is 0.639. The largest absolute Gasteiger partial charge is 0.480 e. The Labute approximate surface area is 97.0 Å². The summed E-state index contributed by atoms with van der Waals surface area (Å²) in [5, 5.41) is 18.5. The Morgan fingerprint density at radius 3 is 2.24 bits per heavy atom. The van der Waals surface area contributed by atoms with Gasteiger partial charge in [-0.15, -0.1) is 0 Å². The topological polar surface area (TPSA) is 118 Å². The molecule has 8 heteroatoms. The van der Waals surface area contributed by atoms with E-state index in [2.05, 4.69) is 0 Å². The van der Waals surface area contributed by atoms with Crippen molar-refractivity contribution in [1.29, 1.82) is 0 Å².